The molecule has 8 heteroatoms. The molecule has 3 aromatic carbocycles. The number of benzene rings is 3. The Morgan fingerprint density at radius 3 is 2.26 bits per heavy atom. The minimum absolute atomic E-state index is 0.168. The van der Waals surface area contributed by atoms with Crippen LogP contribution in [0.15, 0.2) is 102 Å². The summed E-state index contributed by atoms with van der Waals surface area (Å²) in [6, 6.07) is 28.0. The first-order chi connectivity index (χ1) is 19.1. The van der Waals surface area contributed by atoms with Crippen LogP contribution >= 0.6 is 11.8 Å². The van der Waals surface area contributed by atoms with Gasteiger partial charge in [0.15, 0.2) is 6.10 Å². The van der Waals surface area contributed by atoms with Crippen LogP contribution in [-0.4, -0.2) is 49.5 Å². The first-order valence-electron chi connectivity index (χ1n) is 12.5. The van der Waals surface area contributed by atoms with Crippen LogP contribution in [0.2, 0.25) is 0 Å². The molecule has 0 bridgehead atoms. The number of nitrogens with one attached hydrogen (secondary N) is 1. The summed E-state index contributed by atoms with van der Waals surface area (Å²) in [6.07, 6.45) is 3.33. The molecular weight excluding hydrogens is 512 g/mol. The molecular formula is C31H30N2O5S. The molecule has 0 aliphatic rings. The number of pyridine rings is 1. The Bertz CT molecular complexity index is 1340. The normalized spacial score (nSPS) is 11.3. The fourth-order valence-electron chi connectivity index (χ4n) is 3.82. The van der Waals surface area contributed by atoms with Crippen molar-refractivity contribution in [1.29, 1.82) is 0 Å². The molecule has 7 nitrogen and oxygen atoms in total. The maximum absolute atomic E-state index is 12.5. The summed E-state index contributed by atoms with van der Waals surface area (Å²) in [5, 5.41) is 2.87. The van der Waals surface area contributed by atoms with Crippen molar-refractivity contribution in [2.75, 3.05) is 26.5 Å². The highest BCUT2D eigenvalue weighted by atomic mass is 32.2. The molecule has 1 N–H and O–H groups in total. The second-order valence-electron chi connectivity index (χ2n) is 8.55. The lowest BCUT2D eigenvalue weighted by Gasteiger charge is -2.17. The molecule has 4 rings (SSSR count). The van der Waals surface area contributed by atoms with Gasteiger partial charge in [-0.1, -0.05) is 30.3 Å². The molecule has 200 valence electrons. The number of esters is 1. The summed E-state index contributed by atoms with van der Waals surface area (Å²) < 4.78 is 16.6. The number of ether oxygens (including phenoxy) is 3. The first kappa shape index (κ1) is 27.7. The molecule has 0 aliphatic heterocycles. The lowest BCUT2D eigenvalue weighted by molar-refractivity contribution is -0.148. The summed E-state index contributed by atoms with van der Waals surface area (Å²) in [4.78, 5) is 30.2. The van der Waals surface area contributed by atoms with Gasteiger partial charge < -0.3 is 19.5 Å². The Morgan fingerprint density at radius 1 is 0.897 bits per heavy atom. The molecule has 0 fully saturated rings. The number of hydrogen-bond donors (Lipinski definition) is 1. The summed E-state index contributed by atoms with van der Waals surface area (Å²) in [6.45, 7) is 0.674. The molecule has 4 aromatic rings. The molecule has 1 amide bonds. The number of carbonyl (C=O) groups is 2. The second-order valence-corrected chi connectivity index (χ2v) is 9.43. The Labute approximate surface area is 232 Å². The van der Waals surface area contributed by atoms with E-state index in [2.05, 4.69) is 10.3 Å². The average Bonchev–Trinajstić information content (AvgIpc) is 3.00. The Hall–Kier alpha value is -4.30. The predicted octanol–water partition coefficient (Wildman–Crippen LogP) is 5.44. The van der Waals surface area contributed by atoms with E-state index in [1.807, 2.05) is 85.1 Å². The molecule has 1 aromatic heterocycles. The third-order valence-corrected chi connectivity index (χ3v) is 6.65. The van der Waals surface area contributed by atoms with Gasteiger partial charge in [0.05, 0.1) is 19.3 Å². The largest absolute Gasteiger partial charge is 0.492 e. The topological polar surface area (TPSA) is 86.8 Å². The maximum Gasteiger partial charge on any atom is 0.347 e. The van der Waals surface area contributed by atoms with Crippen molar-refractivity contribution < 1.29 is 23.8 Å². The van der Waals surface area contributed by atoms with Crippen LogP contribution in [0, 0.1) is 0 Å². The highest BCUT2D eigenvalue weighted by Crippen LogP contribution is 2.22. The summed E-state index contributed by atoms with van der Waals surface area (Å²) >= 11 is 1.64. The van der Waals surface area contributed by atoms with E-state index in [-0.39, 0.29) is 5.91 Å². The van der Waals surface area contributed by atoms with Gasteiger partial charge in [-0.25, -0.2) is 4.79 Å². The van der Waals surface area contributed by atoms with Gasteiger partial charge in [-0.2, -0.15) is 0 Å². The molecule has 0 saturated heterocycles. The van der Waals surface area contributed by atoms with E-state index < -0.39 is 12.1 Å². The van der Waals surface area contributed by atoms with Crippen LogP contribution in [-0.2, 0) is 16.0 Å². The van der Waals surface area contributed by atoms with E-state index in [1.54, 1.807) is 30.1 Å². The number of methoxy groups -OCH3 is 1. The number of amides is 1. The van der Waals surface area contributed by atoms with Crippen LogP contribution in [0.4, 0.5) is 0 Å². The van der Waals surface area contributed by atoms with Crippen molar-refractivity contribution in [3.8, 4) is 22.8 Å². The van der Waals surface area contributed by atoms with Crippen LogP contribution in [0.3, 0.4) is 0 Å². The number of thioether (sulfide) groups is 1. The fourth-order valence-corrected chi connectivity index (χ4v) is 4.23. The van der Waals surface area contributed by atoms with Gasteiger partial charge >= 0.3 is 5.97 Å². The van der Waals surface area contributed by atoms with Gasteiger partial charge in [0.2, 0.25) is 0 Å². The second kappa shape index (κ2) is 14.0. The number of aromatic nitrogens is 1. The first-order valence-corrected chi connectivity index (χ1v) is 13.7. The fraction of sp³-hybridized carbons (Fsp3) is 0.194. The zero-order valence-electron chi connectivity index (χ0n) is 21.8. The van der Waals surface area contributed by atoms with Crippen molar-refractivity contribution in [3.63, 3.8) is 0 Å². The van der Waals surface area contributed by atoms with Crippen LogP contribution in [0.5, 0.6) is 11.5 Å². The van der Waals surface area contributed by atoms with Crippen molar-refractivity contribution in [3.05, 3.63) is 108 Å². The van der Waals surface area contributed by atoms with Gasteiger partial charge in [-0.05, 0) is 72.5 Å². The van der Waals surface area contributed by atoms with E-state index in [4.69, 9.17) is 14.2 Å². The van der Waals surface area contributed by atoms with Crippen molar-refractivity contribution in [1.82, 2.24) is 10.3 Å². The van der Waals surface area contributed by atoms with Crippen LogP contribution in [0.1, 0.15) is 15.9 Å². The number of rotatable bonds is 12. The van der Waals surface area contributed by atoms with E-state index in [0.717, 1.165) is 21.7 Å². The summed E-state index contributed by atoms with van der Waals surface area (Å²) in [5.41, 5.74) is 3.29. The SMILES string of the molecule is COC(=O)C(Cc1ccc(OCCNC(=O)c2ccc(-c3ccccn3)cc2)cc1)Oc1ccc(SC)cc1. The lowest BCUT2D eigenvalue weighted by Crippen LogP contribution is -2.30. The average molecular weight is 543 g/mol. The zero-order chi connectivity index (χ0) is 27.5. The van der Waals surface area contributed by atoms with Crippen molar-refractivity contribution in [2.24, 2.45) is 0 Å². The lowest BCUT2D eigenvalue weighted by atomic mass is 10.1. The van der Waals surface area contributed by atoms with Crippen LogP contribution in [0.25, 0.3) is 11.3 Å². The van der Waals surface area contributed by atoms with E-state index in [1.165, 1.54) is 7.11 Å². The highest BCUT2D eigenvalue weighted by molar-refractivity contribution is 7.98. The smallest absolute Gasteiger partial charge is 0.347 e. The Balaban J connectivity index is 1.23. The Kier molecular flexibility index (Phi) is 9.97. The van der Waals surface area contributed by atoms with Gasteiger partial charge in [0, 0.05) is 28.6 Å². The number of hydrogen-bond acceptors (Lipinski definition) is 7. The minimum Gasteiger partial charge on any atom is -0.492 e. The molecule has 39 heavy (non-hydrogen) atoms. The third kappa shape index (κ3) is 8.09. The standard InChI is InChI=1S/C31H30N2O5S/c1-36-31(35)29(38-26-14-16-27(39-2)17-15-26)21-22-6-12-25(13-7-22)37-20-19-33-30(34)24-10-8-23(9-11-24)28-5-3-4-18-32-28/h3-18,29H,19-21H2,1-2H3,(H,33,34). The molecule has 0 radical (unpaired) electrons. The minimum atomic E-state index is -0.768. The summed E-state index contributed by atoms with van der Waals surface area (Å²) in [5.74, 6) is 0.662. The number of carbonyl (C=O) groups excluding carboxylic acids is 2. The monoisotopic (exact) mass is 542 g/mol. The number of nitrogens with zero attached hydrogens (tertiary/aromatic N) is 1. The Morgan fingerprint density at radius 2 is 1.62 bits per heavy atom. The molecule has 1 heterocycles. The molecule has 0 spiro atoms. The predicted molar refractivity (Wildman–Crippen MR) is 152 cm³/mol. The van der Waals surface area contributed by atoms with E-state index in [9.17, 15) is 9.59 Å². The van der Waals surface area contributed by atoms with Crippen molar-refractivity contribution >= 4 is 23.6 Å². The third-order valence-electron chi connectivity index (χ3n) is 5.91. The van der Waals surface area contributed by atoms with E-state index >= 15 is 0 Å². The van der Waals surface area contributed by atoms with Gasteiger partial charge in [-0.15, -0.1) is 11.8 Å². The highest BCUT2D eigenvalue weighted by Gasteiger charge is 2.22. The maximum atomic E-state index is 12.5. The molecule has 1 unspecified atom stereocenters. The zero-order valence-corrected chi connectivity index (χ0v) is 22.6. The van der Waals surface area contributed by atoms with Gasteiger partial charge in [0.25, 0.3) is 5.91 Å². The quantitative estimate of drug-likeness (QED) is 0.145. The van der Waals surface area contributed by atoms with Crippen LogP contribution < -0.4 is 14.8 Å². The molecule has 0 aliphatic carbocycles. The van der Waals surface area contributed by atoms with Gasteiger partial charge in [0.1, 0.15) is 18.1 Å². The summed E-state index contributed by atoms with van der Waals surface area (Å²) in [7, 11) is 1.35. The molecule has 1 atom stereocenters. The van der Waals surface area contributed by atoms with Gasteiger partial charge in [-0.3, -0.25) is 9.78 Å². The van der Waals surface area contributed by atoms with Crippen molar-refractivity contribution in [2.45, 2.75) is 17.4 Å². The molecule has 0 saturated carbocycles. The van der Waals surface area contributed by atoms with E-state index in [0.29, 0.717) is 36.6 Å².